The minimum Gasteiger partial charge on any atom is -0.466 e. The van der Waals surface area contributed by atoms with Gasteiger partial charge in [0.15, 0.2) is 17.4 Å². The fourth-order valence-corrected chi connectivity index (χ4v) is 5.73. The Labute approximate surface area is 250 Å². The van der Waals surface area contributed by atoms with Crippen molar-refractivity contribution < 1.29 is 31.8 Å². The highest BCUT2D eigenvalue weighted by Crippen LogP contribution is 2.38. The SMILES string of the molecule is CCOC(=O)C(C)Cc1cccc(C2NCCn3c2nc(-c2cc(Oc4c(F)cc5[nH]ccc5c4F)ccc2F)c3C)c1F. The van der Waals surface area contributed by atoms with Crippen LogP contribution in [0.4, 0.5) is 17.6 Å². The van der Waals surface area contributed by atoms with Gasteiger partial charge < -0.3 is 24.3 Å². The summed E-state index contributed by atoms with van der Waals surface area (Å²) in [5.74, 6) is -3.88. The van der Waals surface area contributed by atoms with E-state index in [0.29, 0.717) is 41.4 Å². The van der Waals surface area contributed by atoms with Crippen molar-refractivity contribution in [1.29, 1.82) is 0 Å². The van der Waals surface area contributed by atoms with E-state index in [1.54, 1.807) is 39.0 Å². The van der Waals surface area contributed by atoms with Gasteiger partial charge in [0.1, 0.15) is 23.2 Å². The van der Waals surface area contributed by atoms with E-state index in [1.807, 2.05) is 4.57 Å². The maximum atomic E-state index is 15.9. The highest BCUT2D eigenvalue weighted by molar-refractivity contribution is 5.82. The van der Waals surface area contributed by atoms with Gasteiger partial charge in [0.2, 0.25) is 0 Å². The molecule has 0 saturated carbocycles. The van der Waals surface area contributed by atoms with E-state index < -0.39 is 46.9 Å². The minimum absolute atomic E-state index is 0.0172. The molecule has 0 amide bonds. The number of fused-ring (bicyclic) bond motifs is 2. The molecule has 0 bridgehead atoms. The van der Waals surface area contributed by atoms with Gasteiger partial charge in [0.05, 0.1) is 29.8 Å². The Kier molecular flexibility index (Phi) is 7.89. The first-order valence-electron chi connectivity index (χ1n) is 14.3. The van der Waals surface area contributed by atoms with Gasteiger partial charge in [-0.3, -0.25) is 4.79 Å². The average molecular weight is 607 g/mol. The molecule has 5 aromatic rings. The summed E-state index contributed by atoms with van der Waals surface area (Å²) in [6.07, 6.45) is 1.66. The highest BCUT2D eigenvalue weighted by Gasteiger charge is 2.31. The van der Waals surface area contributed by atoms with Gasteiger partial charge in [-0.1, -0.05) is 25.1 Å². The van der Waals surface area contributed by atoms with Gasteiger partial charge in [-0.2, -0.15) is 0 Å². The van der Waals surface area contributed by atoms with Gasteiger partial charge in [-0.15, -0.1) is 0 Å². The lowest BCUT2D eigenvalue weighted by molar-refractivity contribution is -0.147. The number of imidazole rings is 1. The van der Waals surface area contributed by atoms with Crippen LogP contribution in [-0.2, 0) is 22.5 Å². The molecule has 2 N–H and O–H groups in total. The third kappa shape index (κ3) is 5.21. The molecule has 0 aliphatic carbocycles. The lowest BCUT2D eigenvalue weighted by Gasteiger charge is -2.27. The number of carbonyl (C=O) groups excluding carboxylic acids is 1. The van der Waals surface area contributed by atoms with Crippen molar-refractivity contribution in [2.45, 2.75) is 39.8 Å². The number of aromatic nitrogens is 3. The summed E-state index contributed by atoms with van der Waals surface area (Å²) in [6.45, 7) is 6.46. The second-order valence-electron chi connectivity index (χ2n) is 10.8. The number of ether oxygens (including phenoxy) is 2. The third-order valence-electron chi connectivity index (χ3n) is 7.94. The lowest BCUT2D eigenvalue weighted by atomic mass is 9.95. The van der Waals surface area contributed by atoms with E-state index in [2.05, 4.69) is 10.3 Å². The van der Waals surface area contributed by atoms with Crippen LogP contribution in [0, 0.1) is 36.1 Å². The maximum absolute atomic E-state index is 15.9. The zero-order chi connectivity index (χ0) is 31.1. The molecular formula is C33H30F4N4O3. The summed E-state index contributed by atoms with van der Waals surface area (Å²) in [7, 11) is 0. The van der Waals surface area contributed by atoms with Crippen LogP contribution in [0.15, 0.2) is 54.7 Å². The molecular weight excluding hydrogens is 576 g/mol. The fourth-order valence-electron chi connectivity index (χ4n) is 5.73. The Bertz CT molecular complexity index is 1880. The number of rotatable bonds is 8. The molecule has 6 rings (SSSR count). The molecule has 1 aliphatic rings. The van der Waals surface area contributed by atoms with E-state index >= 15 is 13.2 Å². The van der Waals surface area contributed by atoms with Crippen molar-refractivity contribution in [2.75, 3.05) is 13.2 Å². The number of esters is 1. The summed E-state index contributed by atoms with van der Waals surface area (Å²) in [5, 5.41) is 3.47. The smallest absolute Gasteiger partial charge is 0.308 e. The second-order valence-corrected chi connectivity index (χ2v) is 10.8. The molecule has 0 saturated heterocycles. The predicted octanol–water partition coefficient (Wildman–Crippen LogP) is 7.12. The zero-order valence-electron chi connectivity index (χ0n) is 24.3. The van der Waals surface area contributed by atoms with Crippen molar-refractivity contribution in [2.24, 2.45) is 5.92 Å². The number of halogens is 4. The number of hydrogen-bond acceptors (Lipinski definition) is 5. The van der Waals surface area contributed by atoms with Gasteiger partial charge >= 0.3 is 5.97 Å². The molecule has 228 valence electrons. The first-order valence-corrected chi connectivity index (χ1v) is 14.3. The summed E-state index contributed by atoms with van der Waals surface area (Å²) < 4.78 is 73.5. The van der Waals surface area contributed by atoms with Gasteiger partial charge in [-0.25, -0.2) is 22.5 Å². The van der Waals surface area contributed by atoms with Crippen LogP contribution in [0.25, 0.3) is 22.2 Å². The Balaban J connectivity index is 1.34. The van der Waals surface area contributed by atoms with Crippen LogP contribution >= 0.6 is 0 Å². The standard InChI is InChI=1S/C33H30F4N4O3/c1-4-43-33(42)17(2)14-19-6-5-7-22(27(19)36)30-32-40-29(18(3)41(32)13-12-39-30)23-15-20(8-9-24(23)34)44-31-25(35)16-26-21(28(31)37)10-11-38-26/h5-11,15-17,30,38-39H,4,12-14H2,1-3H3. The van der Waals surface area contributed by atoms with E-state index in [0.717, 1.165) is 12.1 Å². The molecule has 2 unspecified atom stereocenters. The normalized spacial score (nSPS) is 15.3. The molecule has 44 heavy (non-hydrogen) atoms. The highest BCUT2D eigenvalue weighted by atomic mass is 19.1. The van der Waals surface area contributed by atoms with Crippen LogP contribution in [-0.4, -0.2) is 33.7 Å². The molecule has 3 aromatic carbocycles. The van der Waals surface area contributed by atoms with Crippen molar-refractivity contribution in [3.05, 3.63) is 101 Å². The van der Waals surface area contributed by atoms with Crippen molar-refractivity contribution in [1.82, 2.24) is 19.9 Å². The van der Waals surface area contributed by atoms with Crippen LogP contribution in [0.2, 0.25) is 0 Å². The van der Waals surface area contributed by atoms with Crippen LogP contribution in [0.3, 0.4) is 0 Å². The van der Waals surface area contributed by atoms with E-state index in [-0.39, 0.29) is 35.2 Å². The quantitative estimate of drug-likeness (QED) is 0.145. The fraction of sp³-hybridized carbons (Fsp3) is 0.273. The van der Waals surface area contributed by atoms with Gasteiger partial charge in [-0.05, 0) is 50.1 Å². The first kappa shape index (κ1) is 29.4. The van der Waals surface area contributed by atoms with E-state index in [4.69, 9.17) is 14.5 Å². The summed E-state index contributed by atoms with van der Waals surface area (Å²) >= 11 is 0. The summed E-state index contributed by atoms with van der Waals surface area (Å²) in [6, 6.07) is 10.8. The molecule has 0 spiro atoms. The monoisotopic (exact) mass is 606 g/mol. The number of benzene rings is 3. The third-order valence-corrected chi connectivity index (χ3v) is 7.94. The molecule has 0 fully saturated rings. The number of carbonyl (C=O) groups is 1. The van der Waals surface area contributed by atoms with Gasteiger partial charge in [0.25, 0.3) is 0 Å². The second kappa shape index (κ2) is 11.8. The minimum atomic E-state index is -0.910. The van der Waals surface area contributed by atoms with E-state index in [9.17, 15) is 9.18 Å². The number of nitrogens with zero attached hydrogens (tertiary/aromatic N) is 2. The average Bonchev–Trinajstić information content (AvgIpc) is 3.61. The van der Waals surface area contributed by atoms with E-state index in [1.165, 1.54) is 24.4 Å². The van der Waals surface area contributed by atoms with Crippen molar-refractivity contribution in [3.8, 4) is 22.8 Å². The number of nitrogens with one attached hydrogen (secondary N) is 2. The maximum Gasteiger partial charge on any atom is 0.308 e. The first-order chi connectivity index (χ1) is 21.2. The van der Waals surface area contributed by atoms with Crippen LogP contribution < -0.4 is 10.1 Å². The van der Waals surface area contributed by atoms with Crippen molar-refractivity contribution in [3.63, 3.8) is 0 Å². The lowest BCUT2D eigenvalue weighted by Crippen LogP contribution is -2.35. The summed E-state index contributed by atoms with van der Waals surface area (Å²) in [4.78, 5) is 19.7. The Morgan fingerprint density at radius 1 is 1.09 bits per heavy atom. The number of aromatic amines is 1. The predicted molar refractivity (Wildman–Crippen MR) is 156 cm³/mol. The zero-order valence-corrected chi connectivity index (χ0v) is 24.3. The van der Waals surface area contributed by atoms with Crippen LogP contribution in [0.5, 0.6) is 11.5 Å². The largest absolute Gasteiger partial charge is 0.466 e. The Morgan fingerprint density at radius 3 is 2.70 bits per heavy atom. The van der Waals surface area contributed by atoms with Gasteiger partial charge in [0, 0.05) is 47.6 Å². The molecule has 3 heterocycles. The topological polar surface area (TPSA) is 81.2 Å². The molecule has 0 radical (unpaired) electrons. The molecule has 1 aliphatic heterocycles. The molecule has 2 atom stereocenters. The Hall–Kier alpha value is -4.64. The molecule has 2 aromatic heterocycles. The van der Waals surface area contributed by atoms with Crippen LogP contribution in [0.1, 0.15) is 42.5 Å². The number of hydrogen-bond donors (Lipinski definition) is 2. The molecule has 11 heteroatoms. The molecule has 7 nitrogen and oxygen atoms in total. The Morgan fingerprint density at radius 2 is 1.91 bits per heavy atom. The summed E-state index contributed by atoms with van der Waals surface area (Å²) in [5.41, 5.74) is 2.01. The number of H-pyrrole nitrogens is 1. The van der Waals surface area contributed by atoms with Crippen molar-refractivity contribution >= 4 is 16.9 Å².